The van der Waals surface area contributed by atoms with E-state index in [-0.39, 0.29) is 5.97 Å². The molecule has 1 unspecified atom stereocenters. The fourth-order valence-corrected chi connectivity index (χ4v) is 3.95. The van der Waals surface area contributed by atoms with Gasteiger partial charge in [0.1, 0.15) is 5.72 Å². The molecule has 1 saturated heterocycles. The lowest BCUT2D eigenvalue weighted by Gasteiger charge is -2.35. The summed E-state index contributed by atoms with van der Waals surface area (Å²) in [5.41, 5.74) is -1.26. The van der Waals surface area contributed by atoms with Crippen LogP contribution in [-0.4, -0.2) is 36.0 Å². The molecular formula is C22H42NO4. The zero-order chi connectivity index (χ0) is 20.2. The van der Waals surface area contributed by atoms with Crippen molar-refractivity contribution in [3.8, 4) is 0 Å². The summed E-state index contributed by atoms with van der Waals surface area (Å²) in [5, 5.41) is 14.0. The van der Waals surface area contributed by atoms with Gasteiger partial charge in [-0.2, -0.15) is 0 Å². The van der Waals surface area contributed by atoms with E-state index in [2.05, 4.69) is 6.92 Å². The van der Waals surface area contributed by atoms with Crippen molar-refractivity contribution >= 4 is 5.97 Å². The van der Waals surface area contributed by atoms with E-state index in [0.29, 0.717) is 25.9 Å². The van der Waals surface area contributed by atoms with Crippen LogP contribution in [0.1, 0.15) is 111 Å². The summed E-state index contributed by atoms with van der Waals surface area (Å²) in [4.78, 5) is 11.4. The molecule has 5 heteroatoms. The Morgan fingerprint density at radius 3 is 1.93 bits per heavy atom. The van der Waals surface area contributed by atoms with E-state index < -0.39 is 11.3 Å². The first-order valence-corrected chi connectivity index (χ1v) is 11.1. The molecule has 1 aliphatic heterocycles. The zero-order valence-corrected chi connectivity index (χ0v) is 18.2. The summed E-state index contributed by atoms with van der Waals surface area (Å²) in [6.07, 6.45) is 15.0. The van der Waals surface area contributed by atoms with Gasteiger partial charge >= 0.3 is 5.97 Å². The van der Waals surface area contributed by atoms with E-state index in [1.807, 2.05) is 13.8 Å². The smallest absolute Gasteiger partial charge is 0.305 e. The molecule has 0 aromatic heterocycles. The van der Waals surface area contributed by atoms with Crippen LogP contribution in [0.25, 0.3) is 0 Å². The van der Waals surface area contributed by atoms with Crippen LogP contribution in [0.4, 0.5) is 0 Å². The highest BCUT2D eigenvalue weighted by atomic mass is 16.6. The first-order valence-electron chi connectivity index (χ1n) is 11.1. The monoisotopic (exact) mass is 384 g/mol. The van der Waals surface area contributed by atoms with E-state index in [0.717, 1.165) is 24.3 Å². The van der Waals surface area contributed by atoms with Crippen LogP contribution < -0.4 is 0 Å². The molecule has 0 aromatic carbocycles. The molecule has 0 spiro atoms. The maximum atomic E-state index is 12.9. The standard InChI is InChI=1S/C22H42NO4/c1-5-6-7-8-9-10-11-12-13-14-17-22(18-15-16-20(24)26-4)23(25)21(2,3)19-27-22/h5-19H2,1-4H3. The van der Waals surface area contributed by atoms with E-state index in [9.17, 15) is 10.0 Å². The average Bonchev–Trinajstić information content (AvgIpc) is 2.87. The third kappa shape index (κ3) is 8.49. The summed E-state index contributed by atoms with van der Waals surface area (Å²) < 4.78 is 10.7. The Bertz CT molecular complexity index is 413. The maximum absolute atomic E-state index is 12.9. The molecule has 1 radical (unpaired) electrons. The minimum absolute atomic E-state index is 0.223. The Morgan fingerprint density at radius 2 is 1.44 bits per heavy atom. The first-order chi connectivity index (χ1) is 12.9. The fraction of sp³-hybridized carbons (Fsp3) is 0.955. The van der Waals surface area contributed by atoms with Crippen LogP contribution in [0.3, 0.4) is 0 Å². The van der Waals surface area contributed by atoms with Crippen molar-refractivity contribution < 1.29 is 19.5 Å². The summed E-state index contributed by atoms with van der Waals surface area (Å²) in [7, 11) is 1.40. The average molecular weight is 385 g/mol. The Labute approximate surface area is 166 Å². The Hall–Kier alpha value is -0.650. The number of ether oxygens (including phenoxy) is 2. The number of unbranched alkanes of at least 4 members (excludes halogenated alkanes) is 9. The maximum Gasteiger partial charge on any atom is 0.305 e. The highest BCUT2D eigenvalue weighted by Crippen LogP contribution is 2.40. The van der Waals surface area contributed by atoms with Gasteiger partial charge in [-0.05, 0) is 39.5 Å². The van der Waals surface area contributed by atoms with Gasteiger partial charge in [-0.3, -0.25) is 4.79 Å². The lowest BCUT2D eigenvalue weighted by Crippen LogP contribution is -2.49. The fourth-order valence-electron chi connectivity index (χ4n) is 3.95. The van der Waals surface area contributed by atoms with E-state index in [1.54, 1.807) is 0 Å². The largest absolute Gasteiger partial charge is 0.469 e. The van der Waals surface area contributed by atoms with Crippen LogP contribution in [-0.2, 0) is 19.5 Å². The van der Waals surface area contributed by atoms with Gasteiger partial charge < -0.3 is 9.47 Å². The molecule has 0 bridgehead atoms. The van der Waals surface area contributed by atoms with Crippen molar-refractivity contribution in [3.05, 3.63) is 0 Å². The number of hydrogen-bond acceptors (Lipinski definition) is 4. The van der Waals surface area contributed by atoms with Crippen molar-refractivity contribution in [2.75, 3.05) is 13.7 Å². The van der Waals surface area contributed by atoms with Crippen LogP contribution >= 0.6 is 0 Å². The second-order valence-corrected chi connectivity index (χ2v) is 8.70. The summed E-state index contributed by atoms with van der Waals surface area (Å²) >= 11 is 0. The van der Waals surface area contributed by atoms with Gasteiger partial charge in [-0.1, -0.05) is 64.7 Å². The first kappa shape index (κ1) is 24.4. The third-order valence-corrected chi connectivity index (χ3v) is 5.71. The minimum atomic E-state index is -0.766. The molecule has 0 amide bonds. The van der Waals surface area contributed by atoms with E-state index >= 15 is 0 Å². The van der Waals surface area contributed by atoms with Gasteiger partial charge in [0.2, 0.25) is 0 Å². The SMILES string of the molecule is CCCCCCCCCCCCC1(CCCC(=O)OC)OCC(C)(C)N1[O]. The Balaban J connectivity index is 2.31. The van der Waals surface area contributed by atoms with Gasteiger partial charge in [0.15, 0.2) is 0 Å². The van der Waals surface area contributed by atoms with Crippen molar-refractivity contribution in [2.45, 2.75) is 122 Å². The van der Waals surface area contributed by atoms with Gasteiger partial charge in [-0.25, -0.2) is 0 Å². The van der Waals surface area contributed by atoms with Gasteiger partial charge in [0, 0.05) is 6.42 Å². The molecule has 0 saturated carbocycles. The lowest BCUT2D eigenvalue weighted by atomic mass is 9.95. The molecule has 0 N–H and O–H groups in total. The Morgan fingerprint density at radius 1 is 0.926 bits per heavy atom. The van der Waals surface area contributed by atoms with Crippen molar-refractivity contribution in [1.29, 1.82) is 0 Å². The summed E-state index contributed by atoms with van der Waals surface area (Å²) in [6, 6.07) is 0. The van der Waals surface area contributed by atoms with Gasteiger partial charge in [0.25, 0.3) is 0 Å². The number of carbonyl (C=O) groups excluding carboxylic acids is 1. The molecule has 0 aromatic rings. The second kappa shape index (κ2) is 12.7. The lowest BCUT2D eigenvalue weighted by molar-refractivity contribution is -0.296. The van der Waals surface area contributed by atoms with Crippen molar-refractivity contribution in [3.63, 3.8) is 0 Å². The molecule has 1 heterocycles. The third-order valence-electron chi connectivity index (χ3n) is 5.71. The van der Waals surface area contributed by atoms with Crippen LogP contribution in [0.5, 0.6) is 0 Å². The topological polar surface area (TPSA) is 58.7 Å². The highest BCUT2D eigenvalue weighted by molar-refractivity contribution is 5.69. The number of carbonyl (C=O) groups is 1. The zero-order valence-electron chi connectivity index (χ0n) is 18.2. The summed E-state index contributed by atoms with van der Waals surface area (Å²) in [6.45, 7) is 6.56. The van der Waals surface area contributed by atoms with Crippen LogP contribution in [0.15, 0.2) is 0 Å². The molecule has 0 aliphatic carbocycles. The normalized spacial score (nSPS) is 22.3. The predicted octanol–water partition coefficient (Wildman–Crippen LogP) is 5.79. The van der Waals surface area contributed by atoms with Crippen molar-refractivity contribution in [1.82, 2.24) is 5.06 Å². The number of hydrogen-bond donors (Lipinski definition) is 0. The molecule has 159 valence electrons. The molecule has 27 heavy (non-hydrogen) atoms. The Kier molecular flexibility index (Phi) is 11.5. The molecule has 1 aliphatic rings. The second-order valence-electron chi connectivity index (χ2n) is 8.70. The molecule has 1 atom stereocenters. The number of nitrogens with zero attached hydrogens (tertiary/aromatic N) is 1. The summed E-state index contributed by atoms with van der Waals surface area (Å²) in [5.74, 6) is -0.223. The van der Waals surface area contributed by atoms with Crippen LogP contribution in [0, 0.1) is 0 Å². The van der Waals surface area contributed by atoms with Crippen molar-refractivity contribution in [2.24, 2.45) is 0 Å². The minimum Gasteiger partial charge on any atom is -0.469 e. The molecule has 1 fully saturated rings. The van der Waals surface area contributed by atoms with Gasteiger partial charge in [-0.15, -0.1) is 10.3 Å². The molecule has 5 nitrogen and oxygen atoms in total. The number of rotatable bonds is 15. The predicted molar refractivity (Wildman–Crippen MR) is 108 cm³/mol. The number of methoxy groups -OCH3 is 1. The number of esters is 1. The van der Waals surface area contributed by atoms with E-state index in [1.165, 1.54) is 58.5 Å². The highest BCUT2D eigenvalue weighted by Gasteiger charge is 2.52. The number of hydroxylamine groups is 2. The van der Waals surface area contributed by atoms with E-state index in [4.69, 9.17) is 9.47 Å². The quantitative estimate of drug-likeness (QED) is 0.265. The van der Waals surface area contributed by atoms with Gasteiger partial charge in [0.05, 0.1) is 19.3 Å². The molecular weight excluding hydrogens is 342 g/mol. The molecule has 1 rings (SSSR count). The van der Waals surface area contributed by atoms with Crippen LogP contribution in [0.2, 0.25) is 0 Å².